The normalized spacial score (nSPS) is 11.2. The molecule has 0 aliphatic heterocycles. The average Bonchev–Trinajstić information content (AvgIpc) is 2.28. The molecule has 0 heterocycles. The SMILES string of the molecule is CCC/C(=C\C(=O)O)c1ccc(OC)cc1. The second-order valence-electron chi connectivity index (χ2n) is 3.49. The molecule has 0 saturated heterocycles. The summed E-state index contributed by atoms with van der Waals surface area (Å²) in [5.41, 5.74) is 1.78. The lowest BCUT2D eigenvalue weighted by atomic mass is 10.0. The molecule has 0 bridgehead atoms. The van der Waals surface area contributed by atoms with Crippen molar-refractivity contribution in [2.24, 2.45) is 0 Å². The van der Waals surface area contributed by atoms with E-state index in [1.165, 1.54) is 6.08 Å². The summed E-state index contributed by atoms with van der Waals surface area (Å²) in [5.74, 6) is -0.130. The molecule has 16 heavy (non-hydrogen) atoms. The fourth-order valence-electron chi connectivity index (χ4n) is 1.52. The van der Waals surface area contributed by atoms with Gasteiger partial charge in [-0.15, -0.1) is 0 Å². The van der Waals surface area contributed by atoms with Crippen LogP contribution in [0.15, 0.2) is 30.3 Å². The van der Waals surface area contributed by atoms with Gasteiger partial charge in [-0.1, -0.05) is 25.5 Å². The molecular formula is C13H16O3. The van der Waals surface area contributed by atoms with Gasteiger partial charge < -0.3 is 9.84 Å². The topological polar surface area (TPSA) is 46.5 Å². The van der Waals surface area contributed by atoms with E-state index in [4.69, 9.17) is 9.84 Å². The lowest BCUT2D eigenvalue weighted by molar-refractivity contribution is -0.131. The number of rotatable bonds is 5. The number of allylic oxidation sites excluding steroid dienone is 1. The number of carbonyl (C=O) groups is 1. The maximum Gasteiger partial charge on any atom is 0.328 e. The molecule has 1 aromatic rings. The van der Waals surface area contributed by atoms with Crippen molar-refractivity contribution in [2.75, 3.05) is 7.11 Å². The van der Waals surface area contributed by atoms with Crippen LogP contribution in [0.25, 0.3) is 5.57 Å². The van der Waals surface area contributed by atoms with E-state index in [0.29, 0.717) is 0 Å². The van der Waals surface area contributed by atoms with Gasteiger partial charge in [0.05, 0.1) is 7.11 Å². The van der Waals surface area contributed by atoms with Crippen molar-refractivity contribution < 1.29 is 14.6 Å². The fraction of sp³-hybridized carbons (Fsp3) is 0.308. The predicted octanol–water partition coefficient (Wildman–Crippen LogP) is 2.96. The van der Waals surface area contributed by atoms with E-state index in [1.807, 2.05) is 31.2 Å². The maximum atomic E-state index is 10.7. The summed E-state index contributed by atoms with van der Waals surface area (Å²) in [6.07, 6.45) is 2.95. The number of methoxy groups -OCH3 is 1. The van der Waals surface area contributed by atoms with Crippen LogP contribution in [-0.4, -0.2) is 18.2 Å². The second-order valence-corrected chi connectivity index (χ2v) is 3.49. The Balaban J connectivity index is 2.97. The Hall–Kier alpha value is -1.77. The summed E-state index contributed by atoms with van der Waals surface area (Å²) in [6, 6.07) is 7.42. The summed E-state index contributed by atoms with van der Waals surface area (Å²) < 4.78 is 5.05. The molecule has 0 aliphatic rings. The van der Waals surface area contributed by atoms with Crippen molar-refractivity contribution in [1.29, 1.82) is 0 Å². The largest absolute Gasteiger partial charge is 0.497 e. The Kier molecular flexibility index (Phi) is 4.58. The second kappa shape index (κ2) is 5.95. The van der Waals surface area contributed by atoms with Gasteiger partial charge in [0.1, 0.15) is 5.75 Å². The minimum Gasteiger partial charge on any atom is -0.497 e. The van der Waals surface area contributed by atoms with Gasteiger partial charge >= 0.3 is 5.97 Å². The van der Waals surface area contributed by atoms with Crippen molar-refractivity contribution in [3.05, 3.63) is 35.9 Å². The highest BCUT2D eigenvalue weighted by molar-refractivity contribution is 5.90. The van der Waals surface area contributed by atoms with Crippen LogP contribution in [0.4, 0.5) is 0 Å². The number of benzene rings is 1. The van der Waals surface area contributed by atoms with Crippen LogP contribution >= 0.6 is 0 Å². The molecule has 0 amide bonds. The van der Waals surface area contributed by atoms with E-state index in [-0.39, 0.29) is 0 Å². The first-order valence-corrected chi connectivity index (χ1v) is 5.25. The molecule has 0 aliphatic carbocycles. The van der Waals surface area contributed by atoms with Crippen molar-refractivity contribution in [3.63, 3.8) is 0 Å². The first-order chi connectivity index (χ1) is 7.67. The van der Waals surface area contributed by atoms with Crippen molar-refractivity contribution in [2.45, 2.75) is 19.8 Å². The smallest absolute Gasteiger partial charge is 0.328 e. The van der Waals surface area contributed by atoms with Crippen molar-refractivity contribution in [3.8, 4) is 5.75 Å². The summed E-state index contributed by atoms with van der Waals surface area (Å²) in [4.78, 5) is 10.7. The van der Waals surface area contributed by atoms with Crippen LogP contribution < -0.4 is 4.74 Å². The third kappa shape index (κ3) is 3.42. The van der Waals surface area contributed by atoms with Gasteiger partial charge in [0.25, 0.3) is 0 Å². The van der Waals surface area contributed by atoms with Crippen LogP contribution in [-0.2, 0) is 4.79 Å². The molecule has 1 N–H and O–H groups in total. The van der Waals surface area contributed by atoms with Crippen LogP contribution in [0.1, 0.15) is 25.3 Å². The highest BCUT2D eigenvalue weighted by atomic mass is 16.5. The first kappa shape index (κ1) is 12.3. The minimum atomic E-state index is -0.903. The molecule has 1 aromatic carbocycles. The third-order valence-electron chi connectivity index (χ3n) is 2.28. The summed E-state index contributed by atoms with van der Waals surface area (Å²) in [6.45, 7) is 2.03. The molecule has 3 heteroatoms. The van der Waals surface area contributed by atoms with Gasteiger partial charge in [0, 0.05) is 6.08 Å². The Morgan fingerprint density at radius 2 is 2.00 bits per heavy atom. The van der Waals surface area contributed by atoms with Crippen LogP contribution in [0.2, 0.25) is 0 Å². The minimum absolute atomic E-state index is 0.763. The highest BCUT2D eigenvalue weighted by Gasteiger charge is 2.03. The monoisotopic (exact) mass is 220 g/mol. The third-order valence-corrected chi connectivity index (χ3v) is 2.28. The Morgan fingerprint density at radius 3 is 2.44 bits per heavy atom. The standard InChI is InChI=1S/C13H16O3/c1-3-4-11(9-13(14)15)10-5-7-12(16-2)8-6-10/h5-9H,3-4H2,1-2H3,(H,14,15)/b11-9+. The number of carboxylic acids is 1. The molecule has 86 valence electrons. The van der Waals surface area contributed by atoms with Gasteiger partial charge in [-0.25, -0.2) is 4.79 Å². The predicted molar refractivity (Wildman–Crippen MR) is 63.5 cm³/mol. The van der Waals surface area contributed by atoms with E-state index in [0.717, 1.165) is 29.7 Å². The van der Waals surface area contributed by atoms with Gasteiger partial charge in [0.2, 0.25) is 0 Å². The molecule has 0 unspecified atom stereocenters. The lowest BCUT2D eigenvalue weighted by Crippen LogP contribution is -1.93. The Morgan fingerprint density at radius 1 is 1.38 bits per heavy atom. The van der Waals surface area contributed by atoms with E-state index < -0.39 is 5.97 Å². The Bertz CT molecular complexity index is 377. The molecule has 0 fully saturated rings. The number of hydrogen-bond acceptors (Lipinski definition) is 2. The molecule has 1 rings (SSSR count). The molecule has 3 nitrogen and oxygen atoms in total. The van der Waals surface area contributed by atoms with Crippen molar-refractivity contribution in [1.82, 2.24) is 0 Å². The molecular weight excluding hydrogens is 204 g/mol. The van der Waals surface area contributed by atoms with Gasteiger partial charge in [0.15, 0.2) is 0 Å². The lowest BCUT2D eigenvalue weighted by Gasteiger charge is -2.06. The molecule has 0 atom stereocenters. The first-order valence-electron chi connectivity index (χ1n) is 5.25. The quantitative estimate of drug-likeness (QED) is 0.776. The van der Waals surface area contributed by atoms with Gasteiger partial charge in [-0.05, 0) is 29.7 Å². The number of hydrogen-bond donors (Lipinski definition) is 1. The van der Waals surface area contributed by atoms with E-state index >= 15 is 0 Å². The average molecular weight is 220 g/mol. The molecule has 0 spiro atoms. The van der Waals surface area contributed by atoms with E-state index in [1.54, 1.807) is 7.11 Å². The van der Waals surface area contributed by atoms with E-state index in [2.05, 4.69) is 0 Å². The van der Waals surface area contributed by atoms with Gasteiger partial charge in [-0.3, -0.25) is 0 Å². The zero-order chi connectivity index (χ0) is 12.0. The van der Waals surface area contributed by atoms with Crippen LogP contribution in [0.5, 0.6) is 5.75 Å². The Labute approximate surface area is 95.4 Å². The zero-order valence-electron chi connectivity index (χ0n) is 9.56. The van der Waals surface area contributed by atoms with E-state index in [9.17, 15) is 4.79 Å². The summed E-state index contributed by atoms with van der Waals surface area (Å²) in [7, 11) is 1.61. The number of ether oxygens (including phenoxy) is 1. The molecule has 0 aromatic heterocycles. The van der Waals surface area contributed by atoms with Crippen LogP contribution in [0, 0.1) is 0 Å². The summed E-state index contributed by atoms with van der Waals surface area (Å²) >= 11 is 0. The zero-order valence-corrected chi connectivity index (χ0v) is 9.56. The molecule has 0 radical (unpaired) electrons. The highest BCUT2D eigenvalue weighted by Crippen LogP contribution is 2.22. The maximum absolute atomic E-state index is 10.7. The number of aliphatic carboxylic acids is 1. The number of carboxylic acid groups (broad SMARTS) is 1. The fourth-order valence-corrected chi connectivity index (χ4v) is 1.52. The molecule has 0 saturated carbocycles. The van der Waals surface area contributed by atoms with Gasteiger partial charge in [-0.2, -0.15) is 0 Å². The summed E-state index contributed by atoms with van der Waals surface area (Å²) in [5, 5.41) is 8.77. The van der Waals surface area contributed by atoms with Crippen LogP contribution in [0.3, 0.4) is 0 Å². The van der Waals surface area contributed by atoms with Crippen molar-refractivity contribution >= 4 is 11.5 Å².